The Morgan fingerprint density at radius 3 is 2.50 bits per heavy atom. The minimum atomic E-state index is -0.465. The summed E-state index contributed by atoms with van der Waals surface area (Å²) in [6, 6.07) is 6.75. The molecule has 164 valence electrons. The summed E-state index contributed by atoms with van der Waals surface area (Å²) < 4.78 is 9.84. The third-order valence-corrected chi connectivity index (χ3v) is 4.77. The third kappa shape index (κ3) is 6.70. The lowest BCUT2D eigenvalue weighted by Crippen LogP contribution is -2.44. The Bertz CT molecular complexity index is 770. The van der Waals surface area contributed by atoms with Crippen molar-refractivity contribution in [2.24, 2.45) is 0 Å². The first-order valence-corrected chi connectivity index (χ1v) is 9.99. The van der Waals surface area contributed by atoms with Crippen molar-refractivity contribution >= 4 is 41.0 Å². The zero-order chi connectivity index (χ0) is 22.1. The van der Waals surface area contributed by atoms with Crippen molar-refractivity contribution in [1.29, 1.82) is 0 Å². The number of halogens is 1. The van der Waals surface area contributed by atoms with E-state index in [9.17, 15) is 19.2 Å². The molecule has 0 N–H and O–H groups in total. The Labute approximate surface area is 180 Å². The lowest BCUT2D eigenvalue weighted by molar-refractivity contribution is -0.146. The summed E-state index contributed by atoms with van der Waals surface area (Å²) in [4.78, 5) is 53.3. The number of esters is 1. The van der Waals surface area contributed by atoms with E-state index in [2.05, 4.69) is 0 Å². The number of ether oxygens (including phenoxy) is 2. The lowest BCUT2D eigenvalue weighted by atomic mass is 10.2. The number of nitrogens with zero attached hydrogens (tertiary/aromatic N) is 3. The summed E-state index contributed by atoms with van der Waals surface area (Å²) in [5.41, 5.74) is 0.640. The van der Waals surface area contributed by atoms with Crippen molar-refractivity contribution in [3.63, 3.8) is 0 Å². The van der Waals surface area contributed by atoms with Crippen LogP contribution in [0.25, 0.3) is 0 Å². The normalized spacial score (nSPS) is 13.5. The minimum Gasteiger partial charge on any atom is -0.466 e. The van der Waals surface area contributed by atoms with E-state index in [1.807, 2.05) is 0 Å². The van der Waals surface area contributed by atoms with E-state index in [0.717, 1.165) is 0 Å². The van der Waals surface area contributed by atoms with Crippen LogP contribution in [0.3, 0.4) is 0 Å². The molecule has 0 aliphatic carbocycles. The molecular formula is C20H26ClN3O6. The second-order valence-electron chi connectivity index (χ2n) is 6.64. The van der Waals surface area contributed by atoms with Crippen molar-refractivity contribution in [3.05, 3.63) is 29.3 Å². The van der Waals surface area contributed by atoms with Crippen LogP contribution in [0.4, 0.5) is 5.69 Å². The molecule has 1 aromatic rings. The standard InChI is InChI=1S/C20H26ClN3O6/c1-3-30-20(28)9-8-17(25)22(10-11-29-2)12-18(26)23-13-19(27)24(14-23)16-6-4-15(21)5-7-16/h4-7H,3,8-14H2,1-2H3. The zero-order valence-corrected chi connectivity index (χ0v) is 17.9. The van der Waals surface area contributed by atoms with Crippen LogP contribution >= 0.6 is 11.6 Å². The Balaban J connectivity index is 1.97. The fraction of sp³-hybridized carbons (Fsp3) is 0.500. The van der Waals surface area contributed by atoms with Crippen LogP contribution in [-0.4, -0.2) is 80.1 Å². The van der Waals surface area contributed by atoms with E-state index in [1.165, 1.54) is 21.8 Å². The number of rotatable bonds is 10. The molecule has 0 radical (unpaired) electrons. The van der Waals surface area contributed by atoms with Gasteiger partial charge in [0, 0.05) is 30.8 Å². The van der Waals surface area contributed by atoms with Gasteiger partial charge in [-0.05, 0) is 31.2 Å². The van der Waals surface area contributed by atoms with Crippen LogP contribution in [0.1, 0.15) is 19.8 Å². The number of carbonyl (C=O) groups excluding carboxylic acids is 4. The minimum absolute atomic E-state index is 0.0586. The van der Waals surface area contributed by atoms with E-state index in [1.54, 1.807) is 31.2 Å². The second-order valence-corrected chi connectivity index (χ2v) is 7.08. The summed E-state index contributed by atoms with van der Waals surface area (Å²) in [5, 5.41) is 0.549. The summed E-state index contributed by atoms with van der Waals surface area (Å²) in [5.74, 6) is -1.40. The maximum Gasteiger partial charge on any atom is 0.306 e. The van der Waals surface area contributed by atoms with Crippen LogP contribution < -0.4 is 4.90 Å². The van der Waals surface area contributed by atoms with E-state index < -0.39 is 5.97 Å². The molecule has 10 heteroatoms. The Morgan fingerprint density at radius 1 is 1.17 bits per heavy atom. The van der Waals surface area contributed by atoms with Crippen molar-refractivity contribution < 1.29 is 28.7 Å². The fourth-order valence-corrected chi connectivity index (χ4v) is 3.04. The van der Waals surface area contributed by atoms with Crippen LogP contribution in [0.5, 0.6) is 0 Å². The SMILES string of the molecule is CCOC(=O)CCC(=O)N(CCOC)CC(=O)N1CC(=O)N(c2ccc(Cl)cc2)C1. The van der Waals surface area contributed by atoms with Gasteiger partial charge in [0.2, 0.25) is 17.7 Å². The van der Waals surface area contributed by atoms with Crippen LogP contribution in [0, 0.1) is 0 Å². The molecule has 1 aliphatic rings. The van der Waals surface area contributed by atoms with Gasteiger partial charge in [0.05, 0.1) is 26.2 Å². The smallest absolute Gasteiger partial charge is 0.306 e. The van der Waals surface area contributed by atoms with Crippen molar-refractivity contribution in [2.45, 2.75) is 19.8 Å². The molecule has 9 nitrogen and oxygen atoms in total. The highest BCUT2D eigenvalue weighted by molar-refractivity contribution is 6.30. The fourth-order valence-electron chi connectivity index (χ4n) is 2.92. The third-order valence-electron chi connectivity index (χ3n) is 4.52. The van der Waals surface area contributed by atoms with Gasteiger partial charge in [0.15, 0.2) is 0 Å². The number of hydrogen-bond donors (Lipinski definition) is 0. The van der Waals surface area contributed by atoms with E-state index >= 15 is 0 Å². The Kier molecular flexibility index (Phi) is 9.07. The number of amides is 3. The van der Waals surface area contributed by atoms with E-state index in [0.29, 0.717) is 10.7 Å². The van der Waals surface area contributed by atoms with E-state index in [-0.39, 0.29) is 70.1 Å². The maximum atomic E-state index is 12.7. The number of anilines is 1. The summed E-state index contributed by atoms with van der Waals surface area (Å²) >= 11 is 5.88. The summed E-state index contributed by atoms with van der Waals surface area (Å²) in [7, 11) is 1.49. The molecule has 0 unspecified atom stereocenters. The van der Waals surface area contributed by atoms with Crippen LogP contribution in [0.15, 0.2) is 24.3 Å². The first-order valence-electron chi connectivity index (χ1n) is 9.61. The highest BCUT2D eigenvalue weighted by Crippen LogP contribution is 2.21. The van der Waals surface area contributed by atoms with Crippen molar-refractivity contribution in [3.8, 4) is 0 Å². The predicted molar refractivity (Wildman–Crippen MR) is 110 cm³/mol. The van der Waals surface area contributed by atoms with Gasteiger partial charge in [0.1, 0.15) is 13.2 Å². The van der Waals surface area contributed by atoms with Gasteiger partial charge in [-0.2, -0.15) is 0 Å². The zero-order valence-electron chi connectivity index (χ0n) is 17.1. The molecule has 3 amide bonds. The monoisotopic (exact) mass is 439 g/mol. The number of methoxy groups -OCH3 is 1. The van der Waals surface area contributed by atoms with Gasteiger partial charge in [0.25, 0.3) is 0 Å². The molecule has 1 aliphatic heterocycles. The largest absolute Gasteiger partial charge is 0.466 e. The molecule has 0 atom stereocenters. The number of carbonyl (C=O) groups is 4. The average molecular weight is 440 g/mol. The van der Waals surface area contributed by atoms with Gasteiger partial charge in [-0.1, -0.05) is 11.6 Å². The molecule has 1 aromatic carbocycles. The van der Waals surface area contributed by atoms with Crippen LogP contribution in [-0.2, 0) is 28.7 Å². The highest BCUT2D eigenvalue weighted by Gasteiger charge is 2.33. The molecular weight excluding hydrogens is 414 g/mol. The molecule has 1 fully saturated rings. The first-order chi connectivity index (χ1) is 14.3. The van der Waals surface area contributed by atoms with Gasteiger partial charge < -0.3 is 19.3 Å². The molecule has 2 rings (SSSR count). The van der Waals surface area contributed by atoms with Crippen LogP contribution in [0.2, 0.25) is 5.02 Å². The van der Waals surface area contributed by atoms with Gasteiger partial charge in [-0.3, -0.25) is 24.1 Å². The number of hydrogen-bond acceptors (Lipinski definition) is 6. The highest BCUT2D eigenvalue weighted by atomic mass is 35.5. The first kappa shape index (κ1) is 23.6. The van der Waals surface area contributed by atoms with Gasteiger partial charge in [-0.25, -0.2) is 0 Å². The molecule has 1 heterocycles. The maximum absolute atomic E-state index is 12.7. The average Bonchev–Trinajstić information content (AvgIpc) is 3.11. The van der Waals surface area contributed by atoms with E-state index in [4.69, 9.17) is 21.1 Å². The van der Waals surface area contributed by atoms with Gasteiger partial charge >= 0.3 is 5.97 Å². The summed E-state index contributed by atoms with van der Waals surface area (Å²) in [6.45, 7) is 2.19. The van der Waals surface area contributed by atoms with Crippen molar-refractivity contribution in [2.75, 3.05) is 51.5 Å². The Hall–Kier alpha value is -2.65. The topological polar surface area (TPSA) is 96.5 Å². The Morgan fingerprint density at radius 2 is 1.87 bits per heavy atom. The summed E-state index contributed by atoms with van der Waals surface area (Å²) in [6.07, 6.45) is -0.122. The molecule has 0 saturated carbocycles. The number of benzene rings is 1. The molecule has 0 spiro atoms. The molecule has 0 bridgehead atoms. The predicted octanol–water partition coefficient (Wildman–Crippen LogP) is 1.29. The lowest BCUT2D eigenvalue weighted by Gasteiger charge is -2.25. The second kappa shape index (κ2) is 11.5. The van der Waals surface area contributed by atoms with Crippen molar-refractivity contribution in [1.82, 2.24) is 9.80 Å². The quantitative estimate of drug-likeness (QED) is 0.510. The molecule has 1 saturated heterocycles. The van der Waals surface area contributed by atoms with Gasteiger partial charge in [-0.15, -0.1) is 0 Å². The molecule has 30 heavy (non-hydrogen) atoms. The molecule has 0 aromatic heterocycles.